The predicted octanol–water partition coefficient (Wildman–Crippen LogP) is 12.5. The van der Waals surface area contributed by atoms with Gasteiger partial charge >= 0.3 is 0 Å². The topological polar surface area (TPSA) is 21.3 Å². The smallest absolute Gasteiger partial charge is 0.143 e. The lowest BCUT2D eigenvalue weighted by atomic mass is 10.0. The molecule has 0 fully saturated rings. The van der Waals surface area contributed by atoms with E-state index in [4.69, 9.17) is 4.42 Å². The average Bonchev–Trinajstić information content (AvgIpc) is 3.68. The van der Waals surface area contributed by atoms with Crippen molar-refractivity contribution in [3.8, 4) is 5.69 Å². The van der Waals surface area contributed by atoms with Crippen molar-refractivity contribution < 1.29 is 4.42 Å². The molecule has 2 heterocycles. The Kier molecular flexibility index (Phi) is 5.57. The van der Waals surface area contributed by atoms with Crippen molar-refractivity contribution in [3.63, 3.8) is 0 Å². The Bertz CT molecular complexity index is 2760. The highest BCUT2D eigenvalue weighted by atomic mass is 16.3. The third-order valence-electron chi connectivity index (χ3n) is 9.55. The van der Waals surface area contributed by atoms with E-state index in [1.54, 1.807) is 0 Å². The maximum Gasteiger partial charge on any atom is 0.143 e. The van der Waals surface area contributed by atoms with Crippen molar-refractivity contribution in [2.24, 2.45) is 0 Å². The monoisotopic (exact) mass is 600 g/mol. The zero-order chi connectivity index (χ0) is 30.9. The second-order valence-electron chi connectivity index (χ2n) is 12.1. The van der Waals surface area contributed by atoms with Gasteiger partial charge in [-0.05, 0) is 60.0 Å². The number of para-hydroxylation sites is 3. The van der Waals surface area contributed by atoms with Crippen LogP contribution in [0.15, 0.2) is 174 Å². The molecule has 3 heteroatoms. The van der Waals surface area contributed by atoms with Crippen molar-refractivity contribution in [1.29, 1.82) is 0 Å². The highest BCUT2D eigenvalue weighted by Crippen LogP contribution is 2.45. The van der Waals surface area contributed by atoms with Crippen LogP contribution in [0.4, 0.5) is 17.1 Å². The second-order valence-corrected chi connectivity index (χ2v) is 12.1. The number of furan rings is 1. The standard InChI is InChI=1S/C44H28N2O/c1-2-16-32-29(12-1)13-9-23-39(32)45(42-24-11-20-37-35(42)26-27-38-36-19-5-8-25-43(36)47-44(37)38)30-14-10-15-31(28-30)46-40-21-6-3-17-33(40)34-18-4-7-22-41(34)46/h1-28H. The van der Waals surface area contributed by atoms with Gasteiger partial charge in [-0.2, -0.15) is 0 Å². The maximum atomic E-state index is 6.51. The fourth-order valence-electron chi connectivity index (χ4n) is 7.50. The van der Waals surface area contributed by atoms with E-state index in [0.29, 0.717) is 0 Å². The van der Waals surface area contributed by atoms with Gasteiger partial charge in [-0.25, -0.2) is 0 Å². The highest BCUT2D eigenvalue weighted by Gasteiger charge is 2.21. The summed E-state index contributed by atoms with van der Waals surface area (Å²) < 4.78 is 8.90. The minimum Gasteiger partial charge on any atom is -0.455 e. The molecule has 10 aromatic rings. The van der Waals surface area contributed by atoms with E-state index < -0.39 is 0 Å². The molecule has 47 heavy (non-hydrogen) atoms. The summed E-state index contributed by atoms with van der Waals surface area (Å²) in [6, 6.07) is 60.8. The molecule has 10 rings (SSSR count). The number of benzene rings is 8. The summed E-state index contributed by atoms with van der Waals surface area (Å²) in [4.78, 5) is 2.41. The van der Waals surface area contributed by atoms with Gasteiger partial charge in [-0.15, -0.1) is 0 Å². The Labute approximate surface area is 271 Å². The van der Waals surface area contributed by atoms with Crippen molar-refractivity contribution in [2.75, 3.05) is 4.90 Å². The first-order valence-corrected chi connectivity index (χ1v) is 16.0. The predicted molar refractivity (Wildman–Crippen MR) is 198 cm³/mol. The number of anilines is 3. The van der Waals surface area contributed by atoms with Gasteiger partial charge in [0.15, 0.2) is 0 Å². The molecule has 0 bridgehead atoms. The van der Waals surface area contributed by atoms with Crippen molar-refractivity contribution in [3.05, 3.63) is 170 Å². The number of hydrogen-bond donors (Lipinski definition) is 0. The van der Waals surface area contributed by atoms with E-state index in [1.807, 2.05) is 12.1 Å². The van der Waals surface area contributed by atoms with Crippen LogP contribution in [0.1, 0.15) is 0 Å². The first-order valence-electron chi connectivity index (χ1n) is 16.0. The fourth-order valence-corrected chi connectivity index (χ4v) is 7.50. The summed E-state index contributed by atoms with van der Waals surface area (Å²) in [5.74, 6) is 0. The van der Waals surface area contributed by atoms with Crippen molar-refractivity contribution in [1.82, 2.24) is 4.57 Å². The van der Waals surface area contributed by atoms with Gasteiger partial charge in [0.25, 0.3) is 0 Å². The maximum absolute atomic E-state index is 6.51. The van der Waals surface area contributed by atoms with Crippen LogP contribution in [-0.2, 0) is 0 Å². The molecule has 0 N–H and O–H groups in total. The lowest BCUT2D eigenvalue weighted by molar-refractivity contribution is 0.672. The molecule has 0 saturated carbocycles. The molecule has 0 amide bonds. The molecular weight excluding hydrogens is 572 g/mol. The number of aromatic nitrogens is 1. The molecular formula is C44H28N2O. The van der Waals surface area contributed by atoms with Crippen LogP contribution in [0.25, 0.3) is 71.0 Å². The molecule has 3 nitrogen and oxygen atoms in total. The summed E-state index contributed by atoms with van der Waals surface area (Å²) in [6.45, 7) is 0. The molecule has 0 saturated heterocycles. The molecule has 0 aliphatic heterocycles. The Morgan fingerprint density at radius 1 is 0.404 bits per heavy atom. The van der Waals surface area contributed by atoms with Crippen LogP contribution < -0.4 is 4.90 Å². The number of nitrogens with zero attached hydrogens (tertiary/aromatic N) is 2. The Hall–Kier alpha value is -6.32. The van der Waals surface area contributed by atoms with Gasteiger partial charge in [0.1, 0.15) is 11.2 Å². The van der Waals surface area contributed by atoms with E-state index in [9.17, 15) is 0 Å². The Balaban J connectivity index is 1.27. The van der Waals surface area contributed by atoms with E-state index >= 15 is 0 Å². The van der Waals surface area contributed by atoms with E-state index in [1.165, 1.54) is 32.6 Å². The molecule has 0 aliphatic rings. The first-order chi connectivity index (χ1) is 23.3. The zero-order valence-corrected chi connectivity index (χ0v) is 25.5. The van der Waals surface area contributed by atoms with E-state index in [0.717, 1.165) is 55.5 Å². The fraction of sp³-hybridized carbons (Fsp3) is 0. The van der Waals surface area contributed by atoms with E-state index in [-0.39, 0.29) is 0 Å². The zero-order valence-electron chi connectivity index (χ0n) is 25.5. The molecule has 8 aromatic carbocycles. The number of fused-ring (bicyclic) bond motifs is 9. The van der Waals surface area contributed by atoms with Crippen LogP contribution in [0, 0.1) is 0 Å². The van der Waals surface area contributed by atoms with Crippen LogP contribution in [0.2, 0.25) is 0 Å². The Morgan fingerprint density at radius 3 is 1.77 bits per heavy atom. The minimum atomic E-state index is 0.908. The third-order valence-corrected chi connectivity index (χ3v) is 9.55. The van der Waals surface area contributed by atoms with Gasteiger partial charge in [0.05, 0.1) is 22.4 Å². The summed E-state index contributed by atoms with van der Waals surface area (Å²) in [5, 5.41) is 9.41. The normalized spacial score (nSPS) is 11.8. The third kappa shape index (κ3) is 3.87. The SMILES string of the molecule is c1cc(N(c2cccc3ccccc23)c2cccc3c2ccc2c4ccccc4oc32)cc(-n2c3ccccc3c3ccccc32)c1. The van der Waals surface area contributed by atoms with Crippen LogP contribution >= 0.6 is 0 Å². The largest absolute Gasteiger partial charge is 0.455 e. The lowest BCUT2D eigenvalue weighted by Gasteiger charge is -2.28. The average molecular weight is 601 g/mol. The molecule has 220 valence electrons. The molecule has 0 aliphatic carbocycles. The van der Waals surface area contributed by atoms with Crippen LogP contribution in [0.5, 0.6) is 0 Å². The second kappa shape index (κ2) is 10.1. The minimum absolute atomic E-state index is 0.908. The first kappa shape index (κ1) is 26.0. The summed E-state index contributed by atoms with van der Waals surface area (Å²) >= 11 is 0. The Morgan fingerprint density at radius 2 is 0.957 bits per heavy atom. The summed E-state index contributed by atoms with van der Waals surface area (Å²) in [7, 11) is 0. The van der Waals surface area contributed by atoms with Gasteiger partial charge < -0.3 is 13.9 Å². The van der Waals surface area contributed by atoms with E-state index in [2.05, 4.69) is 167 Å². The van der Waals surface area contributed by atoms with Crippen molar-refractivity contribution >= 4 is 82.4 Å². The van der Waals surface area contributed by atoms with Gasteiger partial charge in [0.2, 0.25) is 0 Å². The molecule has 0 unspecified atom stereocenters. The number of hydrogen-bond acceptors (Lipinski definition) is 2. The lowest BCUT2D eigenvalue weighted by Crippen LogP contribution is -2.11. The van der Waals surface area contributed by atoms with Gasteiger partial charge in [-0.1, -0.05) is 115 Å². The van der Waals surface area contributed by atoms with Crippen LogP contribution in [-0.4, -0.2) is 4.57 Å². The molecule has 0 radical (unpaired) electrons. The summed E-state index contributed by atoms with van der Waals surface area (Å²) in [5.41, 5.74) is 8.64. The molecule has 0 atom stereocenters. The highest BCUT2D eigenvalue weighted by molar-refractivity contribution is 6.18. The van der Waals surface area contributed by atoms with Gasteiger partial charge in [-0.3, -0.25) is 0 Å². The van der Waals surface area contributed by atoms with Crippen molar-refractivity contribution in [2.45, 2.75) is 0 Å². The molecule has 2 aromatic heterocycles. The quantitative estimate of drug-likeness (QED) is 0.200. The van der Waals surface area contributed by atoms with Gasteiger partial charge in [0, 0.05) is 49.1 Å². The van der Waals surface area contributed by atoms with Crippen LogP contribution in [0.3, 0.4) is 0 Å². The number of rotatable bonds is 4. The molecule has 0 spiro atoms. The summed E-state index contributed by atoms with van der Waals surface area (Å²) in [6.07, 6.45) is 0.